The van der Waals surface area contributed by atoms with Crippen LogP contribution in [0.5, 0.6) is 11.6 Å². The van der Waals surface area contributed by atoms with E-state index in [4.69, 9.17) is 0 Å². The second-order valence-corrected chi connectivity index (χ2v) is 5.72. The molecule has 0 fully saturated rings. The zero-order valence-corrected chi connectivity index (χ0v) is 13.1. The van der Waals surface area contributed by atoms with Crippen molar-refractivity contribution in [3.8, 4) is 28.4 Å². The van der Waals surface area contributed by atoms with Gasteiger partial charge in [0, 0.05) is 5.39 Å². The van der Waals surface area contributed by atoms with Crippen molar-refractivity contribution in [2.75, 3.05) is 0 Å². The van der Waals surface area contributed by atoms with Crippen LogP contribution in [0.1, 0.15) is 5.69 Å². The van der Waals surface area contributed by atoms with Crippen molar-refractivity contribution in [3.05, 3.63) is 72.4 Å². The molecule has 4 aromatic rings. The quantitative estimate of drug-likeness (QED) is 0.576. The van der Waals surface area contributed by atoms with E-state index in [-0.39, 0.29) is 11.6 Å². The van der Waals surface area contributed by atoms with E-state index in [1.54, 1.807) is 6.07 Å². The highest BCUT2D eigenvalue weighted by Crippen LogP contribution is 2.38. The van der Waals surface area contributed by atoms with Crippen LogP contribution in [0.4, 0.5) is 0 Å². The number of hydrogen-bond donors (Lipinski definition) is 2. The van der Waals surface area contributed by atoms with Gasteiger partial charge in [0.25, 0.3) is 0 Å². The van der Waals surface area contributed by atoms with Crippen molar-refractivity contribution in [1.82, 2.24) is 9.78 Å². The molecule has 24 heavy (non-hydrogen) atoms. The Bertz CT molecular complexity index is 1040. The van der Waals surface area contributed by atoms with Crippen LogP contribution in [-0.4, -0.2) is 20.0 Å². The molecule has 0 saturated carbocycles. The normalized spacial score (nSPS) is 11.0. The van der Waals surface area contributed by atoms with Crippen molar-refractivity contribution in [2.45, 2.75) is 6.92 Å². The minimum Gasteiger partial charge on any atom is -0.506 e. The number of aromatic nitrogens is 2. The van der Waals surface area contributed by atoms with Crippen molar-refractivity contribution in [2.24, 2.45) is 0 Å². The van der Waals surface area contributed by atoms with E-state index >= 15 is 0 Å². The number of fused-ring (bicyclic) bond motifs is 1. The molecule has 1 heterocycles. The van der Waals surface area contributed by atoms with E-state index in [9.17, 15) is 10.2 Å². The molecule has 0 bridgehead atoms. The van der Waals surface area contributed by atoms with Gasteiger partial charge in [-0.3, -0.25) is 0 Å². The number of aryl methyl sites for hydroxylation is 1. The third kappa shape index (κ3) is 2.12. The van der Waals surface area contributed by atoms with Gasteiger partial charge >= 0.3 is 0 Å². The lowest BCUT2D eigenvalue weighted by Crippen LogP contribution is -1.98. The molecule has 0 aliphatic rings. The molecule has 0 saturated heterocycles. The molecule has 0 unspecified atom stereocenters. The molecule has 2 N–H and O–H groups in total. The summed E-state index contributed by atoms with van der Waals surface area (Å²) in [5.41, 5.74) is 2.74. The molecule has 4 nitrogen and oxygen atoms in total. The number of phenolic OH excluding ortho intramolecular Hbond substituents is 1. The fraction of sp³-hybridized carbons (Fsp3) is 0.0500. The predicted molar refractivity (Wildman–Crippen MR) is 94.6 cm³/mol. The first kappa shape index (κ1) is 14.3. The summed E-state index contributed by atoms with van der Waals surface area (Å²) in [6.07, 6.45) is 0. The Kier molecular flexibility index (Phi) is 3.24. The average Bonchev–Trinajstić information content (AvgIpc) is 2.90. The van der Waals surface area contributed by atoms with Gasteiger partial charge in [0.15, 0.2) is 0 Å². The Balaban J connectivity index is 2.02. The predicted octanol–water partition coefficient (Wildman–Crippen LogP) is 4.41. The molecule has 0 aliphatic heterocycles. The summed E-state index contributed by atoms with van der Waals surface area (Å²) in [6, 6.07) is 20.8. The van der Waals surface area contributed by atoms with Crippen molar-refractivity contribution < 1.29 is 10.2 Å². The van der Waals surface area contributed by atoms with Crippen molar-refractivity contribution in [3.63, 3.8) is 0 Å². The Labute approximate surface area is 139 Å². The van der Waals surface area contributed by atoms with E-state index in [2.05, 4.69) is 5.10 Å². The van der Waals surface area contributed by atoms with E-state index < -0.39 is 0 Å². The van der Waals surface area contributed by atoms with Gasteiger partial charge in [-0.15, -0.1) is 0 Å². The molecule has 118 valence electrons. The third-order valence-corrected chi connectivity index (χ3v) is 4.19. The summed E-state index contributed by atoms with van der Waals surface area (Å²) < 4.78 is 1.41. The van der Waals surface area contributed by atoms with Gasteiger partial charge in [0.1, 0.15) is 11.4 Å². The van der Waals surface area contributed by atoms with Crippen LogP contribution in [0.3, 0.4) is 0 Å². The lowest BCUT2D eigenvalue weighted by Gasteiger charge is -2.10. The lowest BCUT2D eigenvalue weighted by molar-refractivity contribution is 0.426. The van der Waals surface area contributed by atoms with E-state index in [1.807, 2.05) is 67.6 Å². The summed E-state index contributed by atoms with van der Waals surface area (Å²) in [4.78, 5) is 0. The third-order valence-electron chi connectivity index (χ3n) is 4.19. The number of nitrogens with zero attached hydrogens (tertiary/aromatic N) is 2. The maximum Gasteiger partial charge on any atom is 0.222 e. The van der Waals surface area contributed by atoms with Gasteiger partial charge in [0.2, 0.25) is 5.88 Å². The molecule has 4 heteroatoms. The Hall–Kier alpha value is -3.27. The van der Waals surface area contributed by atoms with Gasteiger partial charge in [-0.05, 0) is 23.9 Å². The van der Waals surface area contributed by atoms with E-state index in [0.29, 0.717) is 16.9 Å². The first-order chi connectivity index (χ1) is 11.7. The summed E-state index contributed by atoms with van der Waals surface area (Å²) >= 11 is 0. The second kappa shape index (κ2) is 5.42. The van der Waals surface area contributed by atoms with E-state index in [0.717, 1.165) is 16.3 Å². The van der Waals surface area contributed by atoms with Gasteiger partial charge in [-0.2, -0.15) is 9.78 Å². The maximum absolute atomic E-state index is 10.8. The van der Waals surface area contributed by atoms with Gasteiger partial charge in [0.05, 0.1) is 11.3 Å². The van der Waals surface area contributed by atoms with Gasteiger partial charge < -0.3 is 10.2 Å². The van der Waals surface area contributed by atoms with Crippen LogP contribution in [-0.2, 0) is 0 Å². The fourth-order valence-corrected chi connectivity index (χ4v) is 3.08. The number of rotatable bonds is 2. The van der Waals surface area contributed by atoms with Gasteiger partial charge in [-0.25, -0.2) is 0 Å². The van der Waals surface area contributed by atoms with Crippen LogP contribution in [0, 0.1) is 6.92 Å². The Morgan fingerprint density at radius 3 is 2.33 bits per heavy atom. The minimum atomic E-state index is 0.0188. The molecular weight excluding hydrogens is 300 g/mol. The summed E-state index contributed by atoms with van der Waals surface area (Å²) in [5.74, 6) is 0.0939. The Morgan fingerprint density at radius 2 is 1.54 bits per heavy atom. The molecule has 0 aliphatic carbocycles. The van der Waals surface area contributed by atoms with E-state index in [1.165, 1.54) is 4.68 Å². The lowest BCUT2D eigenvalue weighted by atomic mass is 10.1. The first-order valence-corrected chi connectivity index (χ1v) is 7.72. The average molecular weight is 316 g/mol. The SMILES string of the molecule is Cc1nn(-c2c(O)ccc3ccccc23)c(O)c1-c1ccccc1. The zero-order valence-electron chi connectivity index (χ0n) is 13.1. The number of benzene rings is 3. The second-order valence-electron chi connectivity index (χ2n) is 5.72. The standard InChI is InChI=1S/C20H16N2O2/c1-13-18(15-8-3-2-4-9-15)20(24)22(21-13)19-16-10-6-5-7-14(16)11-12-17(19)23/h2-12,23-24H,1H3. The van der Waals surface area contributed by atoms with Gasteiger partial charge in [-0.1, -0.05) is 60.7 Å². The molecule has 0 spiro atoms. The molecule has 0 radical (unpaired) electrons. The topological polar surface area (TPSA) is 58.3 Å². The minimum absolute atomic E-state index is 0.0188. The Morgan fingerprint density at radius 1 is 0.833 bits per heavy atom. The van der Waals surface area contributed by atoms with Crippen LogP contribution < -0.4 is 0 Å². The van der Waals surface area contributed by atoms with Crippen LogP contribution in [0.15, 0.2) is 66.7 Å². The van der Waals surface area contributed by atoms with Crippen molar-refractivity contribution in [1.29, 1.82) is 0 Å². The number of aromatic hydroxyl groups is 2. The van der Waals surface area contributed by atoms with Crippen molar-refractivity contribution >= 4 is 10.8 Å². The molecular formula is C20H16N2O2. The zero-order chi connectivity index (χ0) is 16.7. The largest absolute Gasteiger partial charge is 0.506 e. The number of phenols is 1. The monoisotopic (exact) mass is 316 g/mol. The fourth-order valence-electron chi connectivity index (χ4n) is 3.08. The first-order valence-electron chi connectivity index (χ1n) is 7.72. The highest BCUT2D eigenvalue weighted by molar-refractivity contribution is 5.93. The van der Waals surface area contributed by atoms with Crippen LogP contribution in [0.2, 0.25) is 0 Å². The highest BCUT2D eigenvalue weighted by Gasteiger charge is 2.20. The number of hydrogen-bond acceptors (Lipinski definition) is 3. The summed E-state index contributed by atoms with van der Waals surface area (Å²) in [6.45, 7) is 1.85. The highest BCUT2D eigenvalue weighted by atomic mass is 16.3. The molecule has 0 amide bonds. The maximum atomic E-state index is 10.8. The van der Waals surface area contributed by atoms with Crippen LogP contribution >= 0.6 is 0 Å². The molecule has 3 aromatic carbocycles. The molecule has 0 atom stereocenters. The summed E-state index contributed by atoms with van der Waals surface area (Å²) in [5, 5.41) is 27.4. The molecule has 1 aromatic heterocycles. The smallest absolute Gasteiger partial charge is 0.222 e. The summed E-state index contributed by atoms with van der Waals surface area (Å²) in [7, 11) is 0. The van der Waals surface area contributed by atoms with Crippen LogP contribution in [0.25, 0.3) is 27.6 Å². The molecule has 4 rings (SSSR count).